The van der Waals surface area contributed by atoms with E-state index in [1.807, 2.05) is 26.0 Å². The van der Waals surface area contributed by atoms with E-state index in [9.17, 15) is 23.3 Å². The van der Waals surface area contributed by atoms with Crippen LogP contribution in [0.4, 0.5) is 5.69 Å². The van der Waals surface area contributed by atoms with Crippen LogP contribution in [-0.4, -0.2) is 25.2 Å². The van der Waals surface area contributed by atoms with Crippen LogP contribution in [0.3, 0.4) is 0 Å². The fraction of sp³-hybridized carbons (Fsp3) is 0.194. The maximum absolute atomic E-state index is 14.2. The van der Waals surface area contributed by atoms with Gasteiger partial charge in [0.1, 0.15) is 6.04 Å². The van der Waals surface area contributed by atoms with Gasteiger partial charge in [0.25, 0.3) is 10.0 Å². The maximum Gasteiger partial charge on any atom is 0.265 e. The summed E-state index contributed by atoms with van der Waals surface area (Å²) in [6.07, 6.45) is -0.131. The van der Waals surface area contributed by atoms with E-state index < -0.39 is 32.9 Å². The summed E-state index contributed by atoms with van der Waals surface area (Å²) >= 11 is 0. The Morgan fingerprint density at radius 1 is 0.821 bits per heavy atom. The van der Waals surface area contributed by atoms with E-state index in [0.29, 0.717) is 22.4 Å². The van der Waals surface area contributed by atoms with Gasteiger partial charge in [-0.2, -0.15) is 0 Å². The zero-order valence-electron chi connectivity index (χ0n) is 21.6. The number of Topliss-reactive ketones (excluding diaryl/α,β-unsaturated/α-hetero) is 1. The third kappa shape index (κ3) is 4.95. The molecule has 0 N–H and O–H groups in total. The van der Waals surface area contributed by atoms with Crippen LogP contribution >= 0.6 is 0 Å². The van der Waals surface area contributed by atoms with Crippen molar-refractivity contribution in [1.29, 1.82) is 0 Å². The Kier molecular flexibility index (Phi) is 7.06. The number of carbonyl (C=O) groups excluding carboxylic acids is 1. The molecule has 0 saturated heterocycles. The van der Waals surface area contributed by atoms with E-state index in [1.165, 1.54) is 16.4 Å². The van der Waals surface area contributed by atoms with Crippen molar-refractivity contribution < 1.29 is 18.1 Å². The van der Waals surface area contributed by atoms with Crippen LogP contribution in [0.15, 0.2) is 108 Å². The minimum Gasteiger partial charge on any atom is -0.294 e. The Labute approximate surface area is 227 Å². The van der Waals surface area contributed by atoms with Crippen LogP contribution < -0.4 is 4.31 Å². The molecule has 0 spiro atoms. The highest BCUT2D eigenvalue weighted by Gasteiger charge is 2.53. The summed E-state index contributed by atoms with van der Waals surface area (Å²) in [6, 6.07) is 26.4. The van der Waals surface area contributed by atoms with Gasteiger partial charge in [-0.3, -0.25) is 19.2 Å². The summed E-state index contributed by atoms with van der Waals surface area (Å²) < 4.78 is 29.6. The van der Waals surface area contributed by atoms with E-state index in [0.717, 1.165) is 11.1 Å². The van der Waals surface area contributed by atoms with Crippen molar-refractivity contribution in [2.24, 2.45) is 0 Å². The SMILES string of the molecule is Cc1ccc(C(=O)C[C@H]2c3ccccc3N(S(=O)(=O)c3ccc(C)cc3)[C@@H](c3ccccc3)[C@@H]2[N+](=O)[O-])cc1. The van der Waals surface area contributed by atoms with Gasteiger partial charge in [0, 0.05) is 16.9 Å². The molecule has 7 nitrogen and oxygen atoms in total. The van der Waals surface area contributed by atoms with Gasteiger partial charge in [-0.15, -0.1) is 0 Å². The van der Waals surface area contributed by atoms with Crippen LogP contribution in [0.1, 0.15) is 51.0 Å². The molecule has 0 bridgehead atoms. The molecular formula is C31H28N2O5S. The largest absolute Gasteiger partial charge is 0.294 e. The smallest absolute Gasteiger partial charge is 0.265 e. The molecule has 4 aromatic carbocycles. The quantitative estimate of drug-likeness (QED) is 0.157. The molecule has 0 saturated carbocycles. The number of ketones is 1. The molecular weight excluding hydrogens is 512 g/mol. The summed E-state index contributed by atoms with van der Waals surface area (Å²) in [4.78, 5) is 25.9. The lowest BCUT2D eigenvalue weighted by Gasteiger charge is -2.42. The minimum absolute atomic E-state index is 0.0418. The molecule has 198 valence electrons. The third-order valence-corrected chi connectivity index (χ3v) is 9.11. The van der Waals surface area contributed by atoms with Crippen molar-refractivity contribution in [3.63, 3.8) is 0 Å². The normalized spacial score (nSPS) is 18.8. The van der Waals surface area contributed by atoms with Gasteiger partial charge < -0.3 is 0 Å². The average Bonchev–Trinajstić information content (AvgIpc) is 2.93. The van der Waals surface area contributed by atoms with Gasteiger partial charge in [0.05, 0.1) is 16.5 Å². The zero-order valence-corrected chi connectivity index (χ0v) is 22.4. The zero-order chi connectivity index (χ0) is 27.7. The van der Waals surface area contributed by atoms with Gasteiger partial charge >= 0.3 is 0 Å². The number of fused-ring (bicyclic) bond motifs is 1. The summed E-state index contributed by atoms with van der Waals surface area (Å²) in [7, 11) is -4.22. The molecule has 1 aliphatic heterocycles. The van der Waals surface area contributed by atoms with E-state index in [2.05, 4.69) is 0 Å². The van der Waals surface area contributed by atoms with Gasteiger partial charge in [-0.25, -0.2) is 8.42 Å². The van der Waals surface area contributed by atoms with Crippen LogP contribution in [0.5, 0.6) is 0 Å². The second kappa shape index (κ2) is 10.5. The predicted molar refractivity (Wildman–Crippen MR) is 150 cm³/mol. The maximum atomic E-state index is 14.2. The molecule has 1 aliphatic rings. The van der Waals surface area contributed by atoms with Crippen LogP contribution in [0.25, 0.3) is 0 Å². The molecule has 0 aliphatic carbocycles. The standard InChI is InChI=1S/C31H28N2O5S/c1-21-12-16-23(17-13-21)29(34)20-27-26-10-6-7-11-28(26)32(39(37,38)25-18-14-22(2)15-19-25)30(31(27)33(35)36)24-8-4-3-5-9-24/h3-19,27,30-31H,20H2,1-2H3/t27-,30-,31+/m0/s1. The topological polar surface area (TPSA) is 97.6 Å². The Morgan fingerprint density at radius 3 is 2.00 bits per heavy atom. The second-order valence-corrected chi connectivity index (χ2v) is 11.7. The molecule has 8 heteroatoms. The summed E-state index contributed by atoms with van der Waals surface area (Å²) in [5, 5.41) is 12.8. The molecule has 0 unspecified atom stereocenters. The number of hydrogen-bond donors (Lipinski definition) is 0. The van der Waals surface area contributed by atoms with Crippen LogP contribution in [-0.2, 0) is 10.0 Å². The summed E-state index contributed by atoms with van der Waals surface area (Å²) in [5.41, 5.74) is 3.64. The number of nitro groups is 1. The number of aryl methyl sites for hydroxylation is 2. The fourth-order valence-electron chi connectivity index (χ4n) is 5.33. The van der Waals surface area contributed by atoms with Crippen molar-refractivity contribution in [3.8, 4) is 0 Å². The molecule has 3 atom stereocenters. The van der Waals surface area contributed by atoms with E-state index in [4.69, 9.17) is 0 Å². The first-order chi connectivity index (χ1) is 18.7. The van der Waals surface area contributed by atoms with Crippen molar-refractivity contribution in [3.05, 3.63) is 141 Å². The number of hydrogen-bond acceptors (Lipinski definition) is 5. The first-order valence-electron chi connectivity index (χ1n) is 12.7. The van der Waals surface area contributed by atoms with Gasteiger partial charge in [-0.05, 0) is 43.2 Å². The fourth-order valence-corrected chi connectivity index (χ4v) is 7.01. The highest BCUT2D eigenvalue weighted by molar-refractivity contribution is 7.92. The number of nitrogens with zero attached hydrogens (tertiary/aromatic N) is 2. The van der Waals surface area contributed by atoms with E-state index >= 15 is 0 Å². The van der Waals surface area contributed by atoms with Crippen molar-refractivity contribution in [2.45, 2.75) is 43.2 Å². The summed E-state index contributed by atoms with van der Waals surface area (Å²) in [5.74, 6) is -1.08. The Hall–Kier alpha value is -4.30. The van der Waals surface area contributed by atoms with Crippen molar-refractivity contribution in [2.75, 3.05) is 4.31 Å². The van der Waals surface area contributed by atoms with E-state index in [1.54, 1.807) is 78.9 Å². The van der Waals surface area contributed by atoms with Crippen molar-refractivity contribution >= 4 is 21.5 Å². The third-order valence-electron chi connectivity index (χ3n) is 7.30. The van der Waals surface area contributed by atoms with Gasteiger partial charge in [0.2, 0.25) is 6.04 Å². The first-order valence-corrected chi connectivity index (χ1v) is 14.1. The average molecular weight is 541 g/mol. The number of benzene rings is 4. The molecule has 1 heterocycles. The van der Waals surface area contributed by atoms with E-state index in [-0.39, 0.29) is 17.1 Å². The first kappa shape index (κ1) is 26.3. The molecule has 5 rings (SSSR count). The molecule has 0 fully saturated rings. The number of anilines is 1. The monoisotopic (exact) mass is 540 g/mol. The molecule has 0 radical (unpaired) electrons. The van der Waals surface area contributed by atoms with Crippen molar-refractivity contribution in [1.82, 2.24) is 0 Å². The highest BCUT2D eigenvalue weighted by atomic mass is 32.2. The van der Waals surface area contributed by atoms with Gasteiger partial charge in [-0.1, -0.05) is 96.1 Å². The lowest BCUT2D eigenvalue weighted by atomic mass is 9.77. The number of sulfonamides is 1. The number of carbonyl (C=O) groups is 1. The van der Waals surface area contributed by atoms with Crippen LogP contribution in [0, 0.1) is 24.0 Å². The number of rotatable bonds is 7. The Bertz CT molecular complexity index is 1620. The Balaban J connectivity index is 1.72. The minimum atomic E-state index is -4.22. The molecule has 0 aromatic heterocycles. The molecule has 39 heavy (non-hydrogen) atoms. The van der Waals surface area contributed by atoms with Crippen LogP contribution in [0.2, 0.25) is 0 Å². The molecule has 4 aromatic rings. The second-order valence-electron chi connectivity index (χ2n) is 9.90. The number of para-hydroxylation sites is 1. The van der Waals surface area contributed by atoms with Gasteiger partial charge in [0.15, 0.2) is 5.78 Å². The Morgan fingerprint density at radius 2 is 1.38 bits per heavy atom. The summed E-state index contributed by atoms with van der Waals surface area (Å²) in [6.45, 7) is 3.78. The highest BCUT2D eigenvalue weighted by Crippen LogP contribution is 2.50. The molecule has 0 amide bonds. The lowest BCUT2D eigenvalue weighted by molar-refractivity contribution is -0.531. The predicted octanol–water partition coefficient (Wildman–Crippen LogP) is 6.26. The lowest BCUT2D eigenvalue weighted by Crippen LogP contribution is -2.50.